The van der Waals surface area contributed by atoms with Crippen LogP contribution in [-0.4, -0.2) is 37.8 Å². The summed E-state index contributed by atoms with van der Waals surface area (Å²) in [4.78, 5) is 4.11. The molecule has 0 fully saturated rings. The molecule has 1 heterocycles. The van der Waals surface area contributed by atoms with E-state index in [1.54, 1.807) is 26.1 Å². The van der Waals surface area contributed by atoms with Gasteiger partial charge in [0.15, 0.2) is 0 Å². The van der Waals surface area contributed by atoms with Crippen molar-refractivity contribution in [2.75, 3.05) is 17.9 Å². The predicted octanol–water partition coefficient (Wildman–Crippen LogP) is 2.37. The standard InChI is InChI=1S/C13H22BrN3O3S/c1-9(2)15-5-6-20-13-12(7-11(14)8-16-13)17-21(18,19)10(3)4/h7-10,15,17H,5-6H2,1-4H3. The molecule has 0 spiro atoms. The van der Waals surface area contributed by atoms with Crippen LogP contribution in [0, 0.1) is 0 Å². The fourth-order valence-corrected chi connectivity index (χ4v) is 2.40. The lowest BCUT2D eigenvalue weighted by molar-refractivity contribution is 0.299. The summed E-state index contributed by atoms with van der Waals surface area (Å²) >= 11 is 3.28. The molecule has 0 saturated heterocycles. The molecule has 0 radical (unpaired) electrons. The quantitative estimate of drug-likeness (QED) is 0.677. The van der Waals surface area contributed by atoms with Gasteiger partial charge in [-0.3, -0.25) is 4.72 Å². The first-order chi connectivity index (χ1) is 9.72. The summed E-state index contributed by atoms with van der Waals surface area (Å²) in [5, 5.41) is 2.68. The van der Waals surface area contributed by atoms with Gasteiger partial charge in [0.1, 0.15) is 12.3 Å². The zero-order valence-corrected chi connectivity index (χ0v) is 15.1. The number of rotatable bonds is 8. The molecule has 21 heavy (non-hydrogen) atoms. The Morgan fingerprint density at radius 1 is 1.33 bits per heavy atom. The first-order valence-electron chi connectivity index (χ1n) is 6.75. The van der Waals surface area contributed by atoms with Crippen LogP contribution in [0.3, 0.4) is 0 Å². The van der Waals surface area contributed by atoms with E-state index in [1.165, 1.54) is 0 Å². The van der Waals surface area contributed by atoms with Crippen LogP contribution in [0.2, 0.25) is 0 Å². The maximum atomic E-state index is 12.0. The molecule has 0 aromatic carbocycles. The number of sulfonamides is 1. The summed E-state index contributed by atoms with van der Waals surface area (Å²) < 4.78 is 32.7. The van der Waals surface area contributed by atoms with Crippen LogP contribution in [0.5, 0.6) is 5.88 Å². The van der Waals surface area contributed by atoms with Crippen molar-refractivity contribution in [3.05, 3.63) is 16.7 Å². The highest BCUT2D eigenvalue weighted by atomic mass is 79.9. The van der Waals surface area contributed by atoms with E-state index in [-0.39, 0.29) is 5.88 Å². The van der Waals surface area contributed by atoms with Crippen LogP contribution in [0.15, 0.2) is 16.7 Å². The van der Waals surface area contributed by atoms with E-state index >= 15 is 0 Å². The third-order valence-electron chi connectivity index (χ3n) is 2.58. The number of hydrogen-bond acceptors (Lipinski definition) is 5. The maximum Gasteiger partial charge on any atom is 0.238 e. The Morgan fingerprint density at radius 3 is 2.57 bits per heavy atom. The Labute approximate surface area is 134 Å². The van der Waals surface area contributed by atoms with Gasteiger partial charge in [0.05, 0.1) is 5.25 Å². The molecule has 1 rings (SSSR count). The second kappa shape index (κ2) is 7.95. The number of pyridine rings is 1. The monoisotopic (exact) mass is 379 g/mol. The molecule has 0 aliphatic carbocycles. The minimum Gasteiger partial charge on any atom is -0.475 e. The van der Waals surface area contributed by atoms with E-state index < -0.39 is 15.3 Å². The second-order valence-corrected chi connectivity index (χ2v) is 8.31. The van der Waals surface area contributed by atoms with E-state index in [1.807, 2.05) is 13.8 Å². The highest BCUT2D eigenvalue weighted by Gasteiger charge is 2.19. The molecular weight excluding hydrogens is 358 g/mol. The van der Waals surface area contributed by atoms with Crippen molar-refractivity contribution in [3.8, 4) is 5.88 Å². The third-order valence-corrected chi connectivity index (χ3v) is 4.76. The largest absolute Gasteiger partial charge is 0.475 e. The number of halogens is 1. The van der Waals surface area contributed by atoms with Gasteiger partial charge < -0.3 is 10.1 Å². The number of aromatic nitrogens is 1. The van der Waals surface area contributed by atoms with Crippen LogP contribution >= 0.6 is 15.9 Å². The topological polar surface area (TPSA) is 80.3 Å². The van der Waals surface area contributed by atoms with Crippen LogP contribution in [0.25, 0.3) is 0 Å². The first-order valence-corrected chi connectivity index (χ1v) is 9.09. The van der Waals surface area contributed by atoms with E-state index in [2.05, 4.69) is 31.0 Å². The average Bonchev–Trinajstić information content (AvgIpc) is 2.35. The van der Waals surface area contributed by atoms with Gasteiger partial charge in [-0.25, -0.2) is 13.4 Å². The maximum absolute atomic E-state index is 12.0. The minimum absolute atomic E-state index is 0.271. The van der Waals surface area contributed by atoms with Gasteiger partial charge >= 0.3 is 0 Å². The summed E-state index contributed by atoms with van der Waals surface area (Å²) in [7, 11) is -3.44. The lowest BCUT2D eigenvalue weighted by Crippen LogP contribution is -2.28. The smallest absolute Gasteiger partial charge is 0.238 e. The molecule has 1 aromatic rings. The van der Waals surface area contributed by atoms with Crippen molar-refractivity contribution < 1.29 is 13.2 Å². The van der Waals surface area contributed by atoms with Crippen molar-refractivity contribution >= 4 is 31.6 Å². The Morgan fingerprint density at radius 2 is 2.00 bits per heavy atom. The molecule has 0 unspecified atom stereocenters. The van der Waals surface area contributed by atoms with Gasteiger partial charge in [0.2, 0.25) is 15.9 Å². The molecule has 0 bridgehead atoms. The zero-order chi connectivity index (χ0) is 16.0. The predicted molar refractivity (Wildman–Crippen MR) is 88.2 cm³/mol. The average molecular weight is 380 g/mol. The fraction of sp³-hybridized carbons (Fsp3) is 0.615. The molecule has 120 valence electrons. The summed E-state index contributed by atoms with van der Waals surface area (Å²) in [5.74, 6) is 0.271. The van der Waals surface area contributed by atoms with Crippen molar-refractivity contribution in [3.63, 3.8) is 0 Å². The Bertz CT molecular complexity index is 562. The van der Waals surface area contributed by atoms with E-state index in [4.69, 9.17) is 4.74 Å². The van der Waals surface area contributed by atoms with Crippen molar-refractivity contribution in [2.45, 2.75) is 39.0 Å². The Kier molecular flexibility index (Phi) is 6.89. The number of nitrogens with zero attached hydrogens (tertiary/aromatic N) is 1. The van der Waals surface area contributed by atoms with E-state index in [9.17, 15) is 8.42 Å². The molecule has 0 aliphatic heterocycles. The fourth-order valence-electron chi connectivity index (χ4n) is 1.38. The minimum atomic E-state index is -3.44. The van der Waals surface area contributed by atoms with Gasteiger partial charge in [-0.1, -0.05) is 13.8 Å². The van der Waals surface area contributed by atoms with Gasteiger partial charge in [0.25, 0.3) is 0 Å². The van der Waals surface area contributed by atoms with Gasteiger partial charge in [-0.2, -0.15) is 0 Å². The first kappa shape index (κ1) is 18.2. The Balaban J connectivity index is 2.80. The molecule has 0 aliphatic rings. The normalized spacial score (nSPS) is 12.0. The third kappa shape index (κ3) is 6.19. The van der Waals surface area contributed by atoms with E-state index in [0.29, 0.717) is 29.4 Å². The highest BCUT2D eigenvalue weighted by Crippen LogP contribution is 2.26. The van der Waals surface area contributed by atoms with Gasteiger partial charge in [-0.15, -0.1) is 0 Å². The molecule has 0 amide bonds. The van der Waals surface area contributed by atoms with Crippen molar-refractivity contribution in [2.24, 2.45) is 0 Å². The van der Waals surface area contributed by atoms with E-state index in [0.717, 1.165) is 0 Å². The van der Waals surface area contributed by atoms with Crippen LogP contribution < -0.4 is 14.8 Å². The van der Waals surface area contributed by atoms with Crippen LogP contribution in [0.4, 0.5) is 5.69 Å². The summed E-state index contributed by atoms with van der Waals surface area (Å²) in [6.07, 6.45) is 1.57. The van der Waals surface area contributed by atoms with Crippen molar-refractivity contribution in [1.29, 1.82) is 0 Å². The lowest BCUT2D eigenvalue weighted by atomic mass is 10.4. The number of anilines is 1. The molecule has 1 aromatic heterocycles. The number of nitrogens with one attached hydrogen (secondary N) is 2. The number of ether oxygens (including phenoxy) is 1. The summed E-state index contributed by atoms with van der Waals surface area (Å²) in [5.41, 5.74) is 0.336. The van der Waals surface area contributed by atoms with Crippen molar-refractivity contribution in [1.82, 2.24) is 10.3 Å². The van der Waals surface area contributed by atoms with Crippen LogP contribution in [0.1, 0.15) is 27.7 Å². The summed E-state index contributed by atoms with van der Waals surface area (Å²) in [6.45, 7) is 8.37. The SMILES string of the molecule is CC(C)NCCOc1ncc(Br)cc1NS(=O)(=O)C(C)C. The number of hydrogen-bond donors (Lipinski definition) is 2. The molecule has 2 N–H and O–H groups in total. The van der Waals surface area contributed by atoms with Gasteiger partial charge in [0, 0.05) is 23.3 Å². The van der Waals surface area contributed by atoms with Crippen LogP contribution in [-0.2, 0) is 10.0 Å². The molecular formula is C13H22BrN3O3S. The second-order valence-electron chi connectivity index (χ2n) is 5.16. The molecule has 0 saturated carbocycles. The Hall–Kier alpha value is -0.860. The molecule has 8 heteroatoms. The molecule has 6 nitrogen and oxygen atoms in total. The van der Waals surface area contributed by atoms with Gasteiger partial charge in [-0.05, 0) is 35.8 Å². The highest BCUT2D eigenvalue weighted by molar-refractivity contribution is 9.10. The molecule has 0 atom stereocenters. The lowest BCUT2D eigenvalue weighted by Gasteiger charge is -2.15. The zero-order valence-electron chi connectivity index (χ0n) is 12.7. The summed E-state index contributed by atoms with van der Waals surface area (Å²) in [6, 6.07) is 2.00.